The number of benzene rings is 1. The van der Waals surface area contributed by atoms with Crippen molar-refractivity contribution < 1.29 is 23.9 Å². The first-order valence-corrected chi connectivity index (χ1v) is 11.8. The minimum atomic E-state index is -0.836. The van der Waals surface area contributed by atoms with Gasteiger partial charge in [0.05, 0.1) is 24.2 Å². The highest BCUT2D eigenvalue weighted by atomic mass is 32.2. The first-order chi connectivity index (χ1) is 15.0. The van der Waals surface area contributed by atoms with Crippen LogP contribution >= 0.6 is 23.1 Å². The Morgan fingerprint density at radius 3 is 2.23 bits per heavy atom. The molecule has 1 aromatic carbocycles. The van der Waals surface area contributed by atoms with E-state index in [4.69, 9.17) is 9.47 Å². The van der Waals surface area contributed by atoms with Gasteiger partial charge in [-0.1, -0.05) is 36.0 Å². The molecule has 1 aliphatic heterocycles. The average molecular weight is 460 g/mol. The third kappa shape index (κ3) is 5.19. The highest BCUT2D eigenvalue weighted by molar-refractivity contribution is 8.04. The van der Waals surface area contributed by atoms with E-state index < -0.39 is 29.0 Å². The van der Waals surface area contributed by atoms with Crippen molar-refractivity contribution >= 4 is 46.6 Å². The first kappa shape index (κ1) is 23.1. The lowest BCUT2D eigenvalue weighted by molar-refractivity contribution is -0.154. The first-order valence-electron chi connectivity index (χ1n) is 10.1. The quantitative estimate of drug-likeness (QED) is 0.564. The summed E-state index contributed by atoms with van der Waals surface area (Å²) in [6.07, 6.45) is 1.89. The number of thiophene rings is 1. The van der Waals surface area contributed by atoms with Gasteiger partial charge in [-0.25, -0.2) is 0 Å². The van der Waals surface area contributed by atoms with Crippen LogP contribution in [0.1, 0.15) is 31.6 Å². The second-order valence-corrected chi connectivity index (χ2v) is 8.95. The lowest BCUT2D eigenvalue weighted by Gasteiger charge is -2.36. The van der Waals surface area contributed by atoms with Crippen molar-refractivity contribution in [1.29, 1.82) is 0 Å². The predicted octanol–water partition coefficient (Wildman–Crippen LogP) is 4.58. The van der Waals surface area contributed by atoms with Crippen LogP contribution in [0.3, 0.4) is 0 Å². The van der Waals surface area contributed by atoms with Crippen LogP contribution in [0, 0.1) is 5.92 Å². The Morgan fingerprint density at radius 1 is 0.968 bits per heavy atom. The van der Waals surface area contributed by atoms with E-state index in [1.807, 2.05) is 53.9 Å². The van der Waals surface area contributed by atoms with Crippen molar-refractivity contribution in [1.82, 2.24) is 0 Å². The molecule has 0 spiro atoms. The van der Waals surface area contributed by atoms with Gasteiger partial charge >= 0.3 is 11.9 Å². The van der Waals surface area contributed by atoms with Crippen molar-refractivity contribution in [3.8, 4) is 0 Å². The zero-order chi connectivity index (χ0) is 22.4. The van der Waals surface area contributed by atoms with Crippen molar-refractivity contribution in [2.45, 2.75) is 31.9 Å². The molecule has 1 aromatic heterocycles. The third-order valence-corrected chi connectivity index (χ3v) is 7.06. The Hall–Kier alpha value is -2.58. The number of carbonyl (C=O) groups excluding carboxylic acids is 3. The molecule has 0 N–H and O–H groups in total. The maximum atomic E-state index is 13.0. The number of rotatable bonds is 7. The smallest absolute Gasteiger partial charge is 0.320 e. The van der Waals surface area contributed by atoms with Crippen molar-refractivity contribution in [2.24, 2.45) is 5.92 Å². The molecule has 0 saturated heterocycles. The van der Waals surface area contributed by atoms with Gasteiger partial charge in [-0.15, -0.1) is 11.3 Å². The lowest BCUT2D eigenvalue weighted by atomic mass is 9.87. The number of esters is 2. The molecule has 0 saturated carbocycles. The molecule has 2 aromatic rings. The Bertz CT molecular complexity index is 942. The van der Waals surface area contributed by atoms with E-state index in [1.165, 1.54) is 30.0 Å². The van der Waals surface area contributed by atoms with Gasteiger partial charge < -0.3 is 9.47 Å². The molecular formula is C23H25NO5S2. The molecule has 0 aliphatic carbocycles. The summed E-state index contributed by atoms with van der Waals surface area (Å²) in [4.78, 5) is 41.0. The third-order valence-electron chi connectivity index (χ3n) is 4.78. The van der Waals surface area contributed by atoms with Crippen molar-refractivity contribution in [3.05, 3.63) is 63.8 Å². The number of ether oxygens (including phenoxy) is 2. The van der Waals surface area contributed by atoms with Crippen LogP contribution in [0.15, 0.2) is 58.9 Å². The van der Waals surface area contributed by atoms with Gasteiger partial charge in [-0.05, 0) is 43.5 Å². The maximum Gasteiger partial charge on any atom is 0.320 e. The number of amides is 1. The van der Waals surface area contributed by atoms with Gasteiger partial charge in [0.1, 0.15) is 5.25 Å². The summed E-state index contributed by atoms with van der Waals surface area (Å²) in [6, 6.07) is 13.1. The summed E-state index contributed by atoms with van der Waals surface area (Å²) < 4.78 is 10.6. The molecule has 6 nitrogen and oxygen atoms in total. The molecular weight excluding hydrogens is 434 g/mol. The van der Waals surface area contributed by atoms with Crippen LogP contribution in [-0.2, 0) is 23.9 Å². The molecule has 8 heteroatoms. The molecule has 2 heterocycles. The molecule has 3 atom stereocenters. The number of hydrogen-bond acceptors (Lipinski definition) is 7. The van der Waals surface area contributed by atoms with E-state index in [-0.39, 0.29) is 19.1 Å². The maximum absolute atomic E-state index is 13.0. The number of carbonyl (C=O) groups is 3. The molecule has 3 rings (SSSR count). The summed E-state index contributed by atoms with van der Waals surface area (Å²) in [7, 11) is 0. The summed E-state index contributed by atoms with van der Waals surface area (Å²) in [5, 5.41) is 1.68. The fourth-order valence-electron chi connectivity index (χ4n) is 3.52. The summed E-state index contributed by atoms with van der Waals surface area (Å²) in [5.74, 6) is -2.30. The minimum Gasteiger partial charge on any atom is -0.466 e. The molecule has 1 aliphatic rings. The van der Waals surface area contributed by atoms with E-state index in [1.54, 1.807) is 18.7 Å². The Labute approximate surface area is 190 Å². The fourth-order valence-corrected chi connectivity index (χ4v) is 5.78. The van der Waals surface area contributed by atoms with E-state index in [2.05, 4.69) is 0 Å². The topological polar surface area (TPSA) is 72.9 Å². The highest BCUT2D eigenvalue weighted by Crippen LogP contribution is 2.47. The van der Waals surface area contributed by atoms with Crippen LogP contribution in [-0.4, -0.2) is 36.3 Å². The molecule has 31 heavy (non-hydrogen) atoms. The zero-order valence-corrected chi connectivity index (χ0v) is 19.3. The summed E-state index contributed by atoms with van der Waals surface area (Å²) in [5.41, 5.74) is 0.691. The average Bonchev–Trinajstić information content (AvgIpc) is 3.29. The molecule has 0 fully saturated rings. The second-order valence-electron chi connectivity index (χ2n) is 6.80. The molecule has 164 valence electrons. The normalized spacial score (nSPS) is 20.5. The van der Waals surface area contributed by atoms with E-state index in [0.717, 1.165) is 4.88 Å². The van der Waals surface area contributed by atoms with E-state index in [0.29, 0.717) is 10.7 Å². The molecule has 0 bridgehead atoms. The Morgan fingerprint density at radius 2 is 1.65 bits per heavy atom. The largest absolute Gasteiger partial charge is 0.466 e. The second kappa shape index (κ2) is 10.6. The minimum absolute atomic E-state index is 0.188. The van der Waals surface area contributed by atoms with Crippen LogP contribution in [0.25, 0.3) is 0 Å². The highest BCUT2D eigenvalue weighted by Gasteiger charge is 2.47. The summed E-state index contributed by atoms with van der Waals surface area (Å²) >= 11 is 2.67. The lowest BCUT2D eigenvalue weighted by Crippen LogP contribution is -2.42. The van der Waals surface area contributed by atoms with Gasteiger partial charge in [-0.2, -0.15) is 0 Å². The summed E-state index contributed by atoms with van der Waals surface area (Å²) in [6.45, 7) is 5.35. The number of hydrogen-bond donors (Lipinski definition) is 0. The molecule has 0 unspecified atom stereocenters. The van der Waals surface area contributed by atoms with Gasteiger partial charge in [0.15, 0.2) is 0 Å². The van der Waals surface area contributed by atoms with Crippen LogP contribution in [0.4, 0.5) is 5.69 Å². The van der Waals surface area contributed by atoms with Gasteiger partial charge in [0.25, 0.3) is 0 Å². The molecule has 0 radical (unpaired) electrons. The zero-order valence-electron chi connectivity index (χ0n) is 17.6. The van der Waals surface area contributed by atoms with Crippen LogP contribution < -0.4 is 4.90 Å². The SMILES string of the molecule is CCOC(=O)[C@H]1[C@H](C(=O)OCC)SC(N(C(C)=O)c2ccccc2)=C[C@H]1c1cccs1. The fraction of sp³-hybridized carbons (Fsp3) is 0.348. The standard InChI is InChI=1S/C23H25NO5S2/c1-4-28-22(26)20-17(18-12-9-13-30-18)14-19(31-21(20)23(27)29-5-2)24(15(3)25)16-10-7-6-8-11-16/h6-14,17,20-21H,4-5H2,1-3H3/t17-,20+,21+/m0/s1. The monoisotopic (exact) mass is 459 g/mol. The Kier molecular flexibility index (Phi) is 7.92. The number of thioether (sulfide) groups is 1. The van der Waals surface area contributed by atoms with Crippen molar-refractivity contribution in [3.63, 3.8) is 0 Å². The van der Waals surface area contributed by atoms with Gasteiger partial charge in [-0.3, -0.25) is 19.3 Å². The Balaban J connectivity index is 2.13. The van der Waals surface area contributed by atoms with Crippen LogP contribution in [0.5, 0.6) is 0 Å². The number of allylic oxidation sites excluding steroid dienone is 1. The van der Waals surface area contributed by atoms with E-state index in [9.17, 15) is 14.4 Å². The molecule has 1 amide bonds. The van der Waals surface area contributed by atoms with Crippen molar-refractivity contribution in [2.75, 3.05) is 18.1 Å². The van der Waals surface area contributed by atoms with Crippen LogP contribution in [0.2, 0.25) is 0 Å². The number of para-hydroxylation sites is 1. The number of nitrogens with zero attached hydrogens (tertiary/aromatic N) is 1. The predicted molar refractivity (Wildman–Crippen MR) is 123 cm³/mol. The van der Waals surface area contributed by atoms with E-state index >= 15 is 0 Å². The number of anilines is 1. The van der Waals surface area contributed by atoms with Gasteiger partial charge in [0.2, 0.25) is 5.91 Å². The van der Waals surface area contributed by atoms with Gasteiger partial charge in [0, 0.05) is 23.4 Å².